The number of hydrogen-bond acceptors (Lipinski definition) is 3. The first kappa shape index (κ1) is 36.4. The average Bonchev–Trinajstić information content (AvgIpc) is 2.89. The highest BCUT2D eigenvalue weighted by atomic mass is 31.2. The summed E-state index contributed by atoms with van der Waals surface area (Å²) in [6.07, 6.45) is 26.6. The molecule has 1 rings (SSSR count). The van der Waals surface area contributed by atoms with Crippen LogP contribution in [-0.4, -0.2) is 13.2 Å². The molecule has 3 nitrogen and oxygen atoms in total. The smallest absolute Gasteiger partial charge is 0.397 e. The van der Waals surface area contributed by atoms with E-state index in [1.165, 1.54) is 127 Å². The third-order valence-electron chi connectivity index (χ3n) is 7.51. The predicted molar refractivity (Wildman–Crippen MR) is 173 cm³/mol. The Bertz CT molecular complexity index is 659. The van der Waals surface area contributed by atoms with Crippen molar-refractivity contribution in [2.75, 3.05) is 13.2 Å². The second-order valence-corrected chi connectivity index (χ2v) is 13.7. The van der Waals surface area contributed by atoms with Gasteiger partial charge in [-0.2, -0.15) is 0 Å². The highest BCUT2D eigenvalue weighted by Gasteiger charge is 2.23. The normalized spacial score (nSPS) is 12.0. The summed E-state index contributed by atoms with van der Waals surface area (Å²) in [7, 11) is -1.39. The van der Waals surface area contributed by atoms with Gasteiger partial charge in [0.25, 0.3) is 0 Å². The van der Waals surface area contributed by atoms with Gasteiger partial charge in [-0.05, 0) is 36.8 Å². The Balaban J connectivity index is 2.41. The second-order valence-electron chi connectivity index (χ2n) is 12.6. The van der Waals surface area contributed by atoms with Crippen molar-refractivity contribution in [1.82, 2.24) is 0 Å². The molecule has 0 saturated heterocycles. The van der Waals surface area contributed by atoms with Crippen molar-refractivity contribution in [2.24, 2.45) is 0 Å². The maximum atomic E-state index is 6.46. The Morgan fingerprint density at radius 3 is 1.33 bits per heavy atom. The van der Waals surface area contributed by atoms with Crippen LogP contribution >= 0.6 is 8.60 Å². The number of benzene rings is 1. The molecule has 0 aliphatic carbocycles. The van der Waals surface area contributed by atoms with Crippen molar-refractivity contribution in [3.8, 4) is 5.75 Å². The van der Waals surface area contributed by atoms with Gasteiger partial charge in [0.15, 0.2) is 0 Å². The Kier molecular flexibility index (Phi) is 22.4. The fourth-order valence-electron chi connectivity index (χ4n) is 4.95. The molecule has 0 aromatic heterocycles. The minimum atomic E-state index is -1.39. The summed E-state index contributed by atoms with van der Waals surface area (Å²) in [5.41, 5.74) is 2.43. The summed E-state index contributed by atoms with van der Waals surface area (Å²) in [6.45, 7) is 14.8. The van der Waals surface area contributed by atoms with Gasteiger partial charge in [-0.1, -0.05) is 162 Å². The minimum absolute atomic E-state index is 0.0110. The zero-order valence-electron chi connectivity index (χ0n) is 27.0. The summed E-state index contributed by atoms with van der Waals surface area (Å²) in [5.74, 6) is 0.916. The van der Waals surface area contributed by atoms with Crippen molar-refractivity contribution >= 4 is 8.60 Å². The van der Waals surface area contributed by atoms with E-state index in [0.29, 0.717) is 0 Å². The molecule has 0 spiro atoms. The van der Waals surface area contributed by atoms with E-state index in [1.807, 2.05) is 0 Å². The minimum Gasteiger partial charge on any atom is -0.426 e. The number of rotatable bonds is 26. The van der Waals surface area contributed by atoms with E-state index in [4.69, 9.17) is 13.6 Å². The maximum absolute atomic E-state index is 6.46. The molecular weight excluding hydrogens is 499 g/mol. The van der Waals surface area contributed by atoms with Gasteiger partial charge < -0.3 is 13.6 Å². The Labute approximate surface area is 245 Å². The quantitative estimate of drug-likeness (QED) is 0.0827. The lowest BCUT2D eigenvalue weighted by Gasteiger charge is -2.25. The molecule has 0 heterocycles. The van der Waals surface area contributed by atoms with Crippen LogP contribution in [0.3, 0.4) is 0 Å². The van der Waals surface area contributed by atoms with Gasteiger partial charge in [-0.15, -0.1) is 0 Å². The average molecular weight is 565 g/mol. The number of hydrogen-bond donors (Lipinski definition) is 0. The molecule has 0 aliphatic rings. The molecule has 0 unspecified atom stereocenters. The van der Waals surface area contributed by atoms with Crippen LogP contribution in [-0.2, 0) is 14.5 Å². The lowest BCUT2D eigenvalue weighted by atomic mass is 9.86. The van der Waals surface area contributed by atoms with Crippen LogP contribution in [0.5, 0.6) is 5.75 Å². The first-order valence-electron chi connectivity index (χ1n) is 16.7. The van der Waals surface area contributed by atoms with Crippen LogP contribution in [0.2, 0.25) is 0 Å². The highest BCUT2D eigenvalue weighted by molar-refractivity contribution is 7.42. The molecule has 0 atom stereocenters. The van der Waals surface area contributed by atoms with E-state index in [1.54, 1.807) is 0 Å². The Morgan fingerprint density at radius 1 is 0.564 bits per heavy atom. The monoisotopic (exact) mass is 564 g/mol. The van der Waals surface area contributed by atoms with Crippen LogP contribution in [0.25, 0.3) is 0 Å². The Morgan fingerprint density at radius 2 is 0.949 bits per heavy atom. The molecule has 0 bridgehead atoms. The van der Waals surface area contributed by atoms with E-state index >= 15 is 0 Å². The van der Waals surface area contributed by atoms with Crippen molar-refractivity contribution in [3.05, 3.63) is 29.3 Å². The van der Waals surface area contributed by atoms with Gasteiger partial charge in [0.1, 0.15) is 5.75 Å². The summed E-state index contributed by atoms with van der Waals surface area (Å²) in [4.78, 5) is 0. The van der Waals surface area contributed by atoms with E-state index < -0.39 is 8.60 Å². The van der Waals surface area contributed by atoms with Crippen LogP contribution in [0.1, 0.15) is 174 Å². The van der Waals surface area contributed by atoms with E-state index in [9.17, 15) is 0 Å². The molecule has 0 amide bonds. The first-order chi connectivity index (χ1) is 18.9. The van der Waals surface area contributed by atoms with Crippen molar-refractivity contribution in [1.29, 1.82) is 0 Å². The molecule has 39 heavy (non-hydrogen) atoms. The molecule has 1 aromatic carbocycles. The van der Waals surface area contributed by atoms with Crippen molar-refractivity contribution in [3.63, 3.8) is 0 Å². The van der Waals surface area contributed by atoms with Gasteiger partial charge in [0.2, 0.25) is 0 Å². The zero-order valence-corrected chi connectivity index (χ0v) is 27.9. The topological polar surface area (TPSA) is 27.7 Å². The lowest BCUT2D eigenvalue weighted by molar-refractivity contribution is 0.197. The molecule has 4 heteroatoms. The largest absolute Gasteiger partial charge is 0.426 e. The highest BCUT2D eigenvalue weighted by Crippen LogP contribution is 2.44. The summed E-state index contributed by atoms with van der Waals surface area (Å²) < 4.78 is 18.9. The SMILES string of the molecule is CCCCCCCCCCCCOP(OCCCCCCCCCCCC)Oc1cc(C)ccc1C(C)(C)C. The molecule has 0 N–H and O–H groups in total. The van der Waals surface area contributed by atoms with E-state index in [0.717, 1.165) is 31.8 Å². The van der Waals surface area contributed by atoms with Crippen molar-refractivity contribution < 1.29 is 13.6 Å². The van der Waals surface area contributed by atoms with Crippen LogP contribution in [0, 0.1) is 6.92 Å². The first-order valence-corrected chi connectivity index (χ1v) is 17.8. The van der Waals surface area contributed by atoms with E-state index in [2.05, 4.69) is 59.7 Å². The molecule has 0 fully saturated rings. The Hall–Kier alpha value is -0.630. The van der Waals surface area contributed by atoms with Gasteiger partial charge in [-0.25, -0.2) is 0 Å². The third-order valence-corrected chi connectivity index (χ3v) is 8.64. The zero-order chi connectivity index (χ0) is 28.6. The molecule has 0 aliphatic heterocycles. The maximum Gasteiger partial charge on any atom is 0.397 e. The van der Waals surface area contributed by atoms with Crippen LogP contribution < -0.4 is 4.52 Å². The van der Waals surface area contributed by atoms with Crippen LogP contribution in [0.15, 0.2) is 18.2 Å². The number of unbranched alkanes of at least 4 members (excludes halogenated alkanes) is 18. The standard InChI is InChI=1S/C35H65O3P/c1-7-9-11-13-15-17-19-21-23-25-29-36-39(37-30-26-24-22-20-18-16-14-12-10-8-2)38-34-31-32(3)27-28-33(34)35(4,5)6/h27-28,31H,7-26,29-30H2,1-6H3. The summed E-state index contributed by atoms with van der Waals surface area (Å²) >= 11 is 0. The molecule has 1 aromatic rings. The fraction of sp³-hybridized carbons (Fsp3) is 0.829. The fourth-order valence-corrected chi connectivity index (χ4v) is 6.00. The van der Waals surface area contributed by atoms with E-state index in [-0.39, 0.29) is 5.41 Å². The lowest BCUT2D eigenvalue weighted by Crippen LogP contribution is -2.13. The number of aryl methyl sites for hydroxylation is 1. The van der Waals surface area contributed by atoms with Crippen LogP contribution in [0.4, 0.5) is 0 Å². The molecule has 0 saturated carbocycles. The van der Waals surface area contributed by atoms with Gasteiger partial charge in [0, 0.05) is 5.56 Å². The molecule has 228 valence electrons. The van der Waals surface area contributed by atoms with Gasteiger partial charge >= 0.3 is 8.60 Å². The summed E-state index contributed by atoms with van der Waals surface area (Å²) in [6, 6.07) is 6.51. The summed E-state index contributed by atoms with van der Waals surface area (Å²) in [5, 5.41) is 0. The third kappa shape index (κ3) is 20.0. The second kappa shape index (κ2) is 24.0. The van der Waals surface area contributed by atoms with Gasteiger partial charge in [0.05, 0.1) is 13.2 Å². The van der Waals surface area contributed by atoms with Crippen molar-refractivity contribution in [2.45, 2.75) is 175 Å². The molecular formula is C35H65O3P. The predicted octanol–water partition coefficient (Wildman–Crippen LogP) is 12.8. The van der Waals surface area contributed by atoms with Gasteiger partial charge in [-0.3, -0.25) is 0 Å². The molecule has 0 radical (unpaired) electrons.